The SMILES string of the molecule is O=C(O)Cc1cnc(OC(F)(F)F)c(O)c1Cl. The molecule has 0 aliphatic rings. The van der Waals surface area contributed by atoms with Crippen LogP contribution in [0.4, 0.5) is 13.2 Å². The molecule has 17 heavy (non-hydrogen) atoms. The Hall–Kier alpha value is -1.70. The number of carbonyl (C=O) groups is 1. The Kier molecular flexibility index (Phi) is 3.66. The van der Waals surface area contributed by atoms with E-state index in [2.05, 4.69) is 9.72 Å². The quantitative estimate of drug-likeness (QED) is 0.878. The maximum atomic E-state index is 11.9. The number of rotatable bonds is 3. The molecule has 0 amide bonds. The van der Waals surface area contributed by atoms with Crippen molar-refractivity contribution in [2.45, 2.75) is 12.8 Å². The highest BCUT2D eigenvalue weighted by Gasteiger charge is 2.34. The molecule has 0 atom stereocenters. The van der Waals surface area contributed by atoms with E-state index in [1.54, 1.807) is 0 Å². The summed E-state index contributed by atoms with van der Waals surface area (Å²) in [7, 11) is 0. The van der Waals surface area contributed by atoms with E-state index >= 15 is 0 Å². The van der Waals surface area contributed by atoms with Crippen molar-refractivity contribution in [2.75, 3.05) is 0 Å². The number of nitrogens with zero attached hydrogens (tertiary/aromatic N) is 1. The molecule has 0 aliphatic carbocycles. The van der Waals surface area contributed by atoms with Crippen LogP contribution in [0.1, 0.15) is 5.56 Å². The number of ether oxygens (including phenoxy) is 1. The first kappa shape index (κ1) is 13.4. The third-order valence-corrected chi connectivity index (χ3v) is 2.01. The summed E-state index contributed by atoms with van der Waals surface area (Å²) in [6.07, 6.45) is -4.81. The van der Waals surface area contributed by atoms with Gasteiger partial charge in [0.2, 0.25) is 0 Å². The average molecular weight is 272 g/mol. The smallest absolute Gasteiger partial charge is 0.502 e. The minimum absolute atomic E-state index is 0.119. The van der Waals surface area contributed by atoms with Gasteiger partial charge < -0.3 is 14.9 Å². The van der Waals surface area contributed by atoms with Gasteiger partial charge in [0.25, 0.3) is 5.88 Å². The van der Waals surface area contributed by atoms with Crippen molar-refractivity contribution in [3.63, 3.8) is 0 Å². The van der Waals surface area contributed by atoms with E-state index in [0.717, 1.165) is 6.20 Å². The highest BCUT2D eigenvalue weighted by molar-refractivity contribution is 6.33. The Labute approximate surface area is 97.4 Å². The molecule has 2 N–H and O–H groups in total. The highest BCUT2D eigenvalue weighted by atomic mass is 35.5. The first-order valence-electron chi connectivity index (χ1n) is 4.04. The molecule has 1 aromatic rings. The number of carboxylic acids is 1. The van der Waals surface area contributed by atoms with Gasteiger partial charge in [0.15, 0.2) is 5.75 Å². The molecular formula is C8H5ClF3NO4. The second-order valence-electron chi connectivity index (χ2n) is 2.87. The molecule has 0 saturated heterocycles. The van der Waals surface area contributed by atoms with Gasteiger partial charge >= 0.3 is 12.3 Å². The van der Waals surface area contributed by atoms with Crippen LogP contribution in [-0.2, 0) is 11.2 Å². The van der Waals surface area contributed by atoms with Crippen molar-refractivity contribution in [1.82, 2.24) is 4.98 Å². The Bertz CT molecular complexity index is 449. The van der Waals surface area contributed by atoms with Crippen LogP contribution in [0.2, 0.25) is 5.02 Å². The summed E-state index contributed by atoms with van der Waals surface area (Å²) in [6, 6.07) is 0. The van der Waals surface area contributed by atoms with Crippen LogP contribution in [0.15, 0.2) is 6.20 Å². The summed E-state index contributed by atoms with van der Waals surface area (Å²) in [4.78, 5) is 13.5. The molecule has 94 valence electrons. The predicted octanol–water partition coefficient (Wildman–Crippen LogP) is 1.97. The molecule has 0 saturated carbocycles. The second-order valence-corrected chi connectivity index (χ2v) is 3.25. The number of hydrogen-bond acceptors (Lipinski definition) is 4. The molecule has 0 bridgehead atoms. The molecule has 0 spiro atoms. The maximum Gasteiger partial charge on any atom is 0.574 e. The Morgan fingerprint density at radius 3 is 2.59 bits per heavy atom. The lowest BCUT2D eigenvalue weighted by molar-refractivity contribution is -0.276. The lowest BCUT2D eigenvalue weighted by Crippen LogP contribution is -2.18. The molecule has 9 heteroatoms. The fraction of sp³-hybridized carbons (Fsp3) is 0.250. The second kappa shape index (κ2) is 4.66. The number of halogens is 4. The van der Waals surface area contributed by atoms with Gasteiger partial charge in [-0.2, -0.15) is 0 Å². The lowest BCUT2D eigenvalue weighted by Gasteiger charge is -2.11. The Morgan fingerprint density at radius 2 is 2.12 bits per heavy atom. The monoisotopic (exact) mass is 271 g/mol. The van der Waals surface area contributed by atoms with Gasteiger partial charge in [-0.05, 0) is 0 Å². The van der Waals surface area contributed by atoms with E-state index in [0.29, 0.717) is 0 Å². The van der Waals surface area contributed by atoms with Gasteiger partial charge in [0, 0.05) is 11.8 Å². The van der Waals surface area contributed by atoms with Crippen LogP contribution >= 0.6 is 11.6 Å². The fourth-order valence-corrected chi connectivity index (χ4v) is 1.17. The highest BCUT2D eigenvalue weighted by Crippen LogP contribution is 2.37. The van der Waals surface area contributed by atoms with E-state index in [4.69, 9.17) is 16.7 Å². The van der Waals surface area contributed by atoms with E-state index in [1.807, 2.05) is 0 Å². The molecule has 0 aromatic carbocycles. The number of alkyl halides is 3. The number of aromatic hydroxyl groups is 1. The maximum absolute atomic E-state index is 11.9. The van der Waals surface area contributed by atoms with Gasteiger partial charge in [-0.25, -0.2) is 4.98 Å². The standard InChI is InChI=1S/C8H5ClF3NO4/c9-5-3(1-4(14)15)2-13-7(6(5)16)17-8(10,11)12/h2,16H,1H2,(H,14,15). The van der Waals surface area contributed by atoms with Gasteiger partial charge in [-0.15, -0.1) is 13.2 Å². The number of aliphatic carboxylic acids is 1. The molecule has 0 unspecified atom stereocenters. The van der Waals surface area contributed by atoms with Crippen LogP contribution in [0.3, 0.4) is 0 Å². The van der Waals surface area contributed by atoms with E-state index in [1.165, 1.54) is 0 Å². The van der Waals surface area contributed by atoms with Crippen LogP contribution in [0.25, 0.3) is 0 Å². The summed E-state index contributed by atoms with van der Waals surface area (Å²) in [6.45, 7) is 0. The number of aromatic nitrogens is 1. The molecule has 1 aromatic heterocycles. The molecule has 1 heterocycles. The molecule has 1 rings (SSSR count). The predicted molar refractivity (Wildman–Crippen MR) is 48.9 cm³/mol. The van der Waals surface area contributed by atoms with Gasteiger partial charge in [0.1, 0.15) is 0 Å². The first-order valence-corrected chi connectivity index (χ1v) is 4.42. The Balaban J connectivity index is 3.06. The Morgan fingerprint density at radius 1 is 1.53 bits per heavy atom. The number of hydrogen-bond donors (Lipinski definition) is 2. The van der Waals surface area contributed by atoms with E-state index in [9.17, 15) is 23.1 Å². The molecular weight excluding hydrogens is 267 g/mol. The molecule has 0 fully saturated rings. The zero-order valence-electron chi connectivity index (χ0n) is 7.95. The molecule has 5 nitrogen and oxygen atoms in total. The fourth-order valence-electron chi connectivity index (χ4n) is 0.971. The summed E-state index contributed by atoms with van der Waals surface area (Å²) in [5, 5.41) is 17.2. The minimum Gasteiger partial charge on any atom is -0.502 e. The summed E-state index contributed by atoms with van der Waals surface area (Å²) in [5.74, 6) is -3.45. The van der Waals surface area contributed by atoms with Crippen molar-refractivity contribution in [1.29, 1.82) is 0 Å². The summed E-state index contributed by atoms with van der Waals surface area (Å²) in [5.41, 5.74) is -0.119. The largest absolute Gasteiger partial charge is 0.574 e. The van der Waals surface area contributed by atoms with Crippen LogP contribution in [0.5, 0.6) is 11.6 Å². The third-order valence-electron chi connectivity index (χ3n) is 1.58. The van der Waals surface area contributed by atoms with E-state index in [-0.39, 0.29) is 5.56 Å². The van der Waals surface area contributed by atoms with Gasteiger partial charge in [-0.1, -0.05) is 11.6 Å². The number of pyridine rings is 1. The zero-order valence-corrected chi connectivity index (χ0v) is 8.71. The van der Waals surface area contributed by atoms with Crippen LogP contribution < -0.4 is 4.74 Å². The van der Waals surface area contributed by atoms with Crippen molar-refractivity contribution < 1.29 is 32.9 Å². The van der Waals surface area contributed by atoms with E-state index < -0.39 is 35.4 Å². The van der Waals surface area contributed by atoms with Crippen LogP contribution in [-0.4, -0.2) is 27.5 Å². The van der Waals surface area contributed by atoms with Crippen molar-refractivity contribution in [3.05, 3.63) is 16.8 Å². The number of carboxylic acid groups (broad SMARTS) is 1. The minimum atomic E-state index is -5.03. The summed E-state index contributed by atoms with van der Waals surface area (Å²) >= 11 is 5.47. The zero-order chi connectivity index (χ0) is 13.2. The third kappa shape index (κ3) is 3.66. The van der Waals surface area contributed by atoms with Gasteiger partial charge in [-0.3, -0.25) is 4.79 Å². The normalized spacial score (nSPS) is 11.3. The molecule has 0 aliphatic heterocycles. The van der Waals surface area contributed by atoms with Crippen molar-refractivity contribution >= 4 is 17.6 Å². The van der Waals surface area contributed by atoms with Crippen molar-refractivity contribution in [2.24, 2.45) is 0 Å². The average Bonchev–Trinajstić information content (AvgIpc) is 2.15. The molecule has 0 radical (unpaired) electrons. The van der Waals surface area contributed by atoms with Crippen LogP contribution in [0, 0.1) is 0 Å². The summed E-state index contributed by atoms with van der Waals surface area (Å²) < 4.78 is 38.9. The lowest BCUT2D eigenvalue weighted by atomic mass is 10.2. The first-order chi connectivity index (χ1) is 7.70. The van der Waals surface area contributed by atoms with Crippen molar-refractivity contribution in [3.8, 4) is 11.6 Å². The topological polar surface area (TPSA) is 79.7 Å². The van der Waals surface area contributed by atoms with Gasteiger partial charge in [0.05, 0.1) is 11.4 Å².